The number of allylic oxidation sites excluding steroid dienone is 1. The standard InChI is InChI=1S/C16H19NO/c18-16-15(14-8-4-9-14)10-5-11-17(16)12-13-6-2-1-3-7-13/h1-3,6-7H,4-5,8-12H2. The van der Waals surface area contributed by atoms with Gasteiger partial charge >= 0.3 is 0 Å². The lowest BCUT2D eigenvalue weighted by Crippen LogP contribution is -2.37. The molecule has 1 aromatic carbocycles. The second-order valence-corrected chi connectivity index (χ2v) is 5.25. The van der Waals surface area contributed by atoms with Gasteiger partial charge in [-0.05, 0) is 37.7 Å². The first-order chi connectivity index (χ1) is 8.84. The van der Waals surface area contributed by atoms with Crippen LogP contribution in [0, 0.1) is 0 Å². The van der Waals surface area contributed by atoms with Gasteiger partial charge in [-0.15, -0.1) is 0 Å². The molecular weight excluding hydrogens is 222 g/mol. The van der Waals surface area contributed by atoms with Crippen LogP contribution < -0.4 is 0 Å². The molecule has 2 aliphatic rings. The highest BCUT2D eigenvalue weighted by atomic mass is 16.2. The van der Waals surface area contributed by atoms with E-state index in [1.165, 1.54) is 17.6 Å². The lowest BCUT2D eigenvalue weighted by molar-refractivity contribution is -0.129. The third kappa shape index (κ3) is 2.20. The van der Waals surface area contributed by atoms with Crippen molar-refractivity contribution in [3.05, 3.63) is 47.0 Å². The van der Waals surface area contributed by atoms with Crippen LogP contribution in [0.1, 0.15) is 37.7 Å². The van der Waals surface area contributed by atoms with E-state index >= 15 is 0 Å². The Bertz CT molecular complexity index is 469. The molecule has 94 valence electrons. The van der Waals surface area contributed by atoms with Gasteiger partial charge < -0.3 is 4.90 Å². The molecule has 1 amide bonds. The summed E-state index contributed by atoms with van der Waals surface area (Å²) in [6.07, 6.45) is 5.70. The molecule has 0 atom stereocenters. The van der Waals surface area contributed by atoms with Gasteiger partial charge in [-0.2, -0.15) is 0 Å². The number of hydrogen-bond acceptors (Lipinski definition) is 1. The van der Waals surface area contributed by atoms with Gasteiger partial charge in [0.25, 0.3) is 0 Å². The molecule has 1 aliphatic heterocycles. The van der Waals surface area contributed by atoms with Crippen LogP contribution in [0.4, 0.5) is 0 Å². The first-order valence-electron chi connectivity index (χ1n) is 6.89. The summed E-state index contributed by atoms with van der Waals surface area (Å²) in [7, 11) is 0. The SMILES string of the molecule is O=C1C(=C2CCC2)CCCN1Cc1ccccc1. The molecule has 1 aromatic rings. The maximum atomic E-state index is 12.4. The molecule has 2 nitrogen and oxygen atoms in total. The number of carbonyl (C=O) groups excluding carboxylic acids is 1. The molecule has 0 radical (unpaired) electrons. The molecule has 2 fully saturated rings. The maximum Gasteiger partial charge on any atom is 0.250 e. The number of carbonyl (C=O) groups is 1. The summed E-state index contributed by atoms with van der Waals surface area (Å²) in [6, 6.07) is 10.3. The van der Waals surface area contributed by atoms with Crippen LogP contribution >= 0.6 is 0 Å². The second kappa shape index (κ2) is 4.97. The van der Waals surface area contributed by atoms with Gasteiger partial charge in [-0.1, -0.05) is 35.9 Å². The summed E-state index contributed by atoms with van der Waals surface area (Å²) in [4.78, 5) is 14.4. The zero-order valence-corrected chi connectivity index (χ0v) is 10.7. The topological polar surface area (TPSA) is 20.3 Å². The predicted octanol–water partition coefficient (Wildman–Crippen LogP) is 3.29. The van der Waals surface area contributed by atoms with Crippen molar-refractivity contribution in [2.45, 2.75) is 38.6 Å². The van der Waals surface area contributed by atoms with E-state index in [-0.39, 0.29) is 0 Å². The fourth-order valence-electron chi connectivity index (χ4n) is 2.78. The van der Waals surface area contributed by atoms with E-state index in [0.29, 0.717) is 5.91 Å². The highest BCUT2D eigenvalue weighted by Crippen LogP contribution is 2.33. The molecule has 1 saturated carbocycles. The Kier molecular flexibility index (Phi) is 3.18. The molecule has 1 aliphatic carbocycles. The van der Waals surface area contributed by atoms with Crippen LogP contribution in [-0.4, -0.2) is 17.4 Å². The molecule has 0 spiro atoms. The zero-order valence-electron chi connectivity index (χ0n) is 10.7. The molecule has 0 unspecified atom stereocenters. The molecule has 1 saturated heterocycles. The lowest BCUT2D eigenvalue weighted by Gasteiger charge is -2.32. The minimum atomic E-state index is 0.291. The van der Waals surface area contributed by atoms with Crippen molar-refractivity contribution in [2.75, 3.05) is 6.54 Å². The van der Waals surface area contributed by atoms with Crippen molar-refractivity contribution in [1.82, 2.24) is 4.90 Å². The Morgan fingerprint density at radius 1 is 1.00 bits per heavy atom. The molecule has 0 bridgehead atoms. The zero-order chi connectivity index (χ0) is 12.4. The number of rotatable bonds is 2. The summed E-state index contributed by atoms with van der Waals surface area (Å²) in [6.45, 7) is 1.67. The van der Waals surface area contributed by atoms with Crippen molar-refractivity contribution in [3.63, 3.8) is 0 Å². The number of benzene rings is 1. The van der Waals surface area contributed by atoms with Gasteiger partial charge in [-0.3, -0.25) is 4.79 Å². The van der Waals surface area contributed by atoms with Crippen LogP contribution in [0.3, 0.4) is 0 Å². The molecular formula is C16H19NO. The highest BCUT2D eigenvalue weighted by Gasteiger charge is 2.27. The van der Waals surface area contributed by atoms with Crippen LogP contribution in [-0.2, 0) is 11.3 Å². The normalized spacial score (nSPS) is 20.0. The first kappa shape index (κ1) is 11.5. The summed E-state index contributed by atoms with van der Waals surface area (Å²) in [5.41, 5.74) is 3.78. The molecule has 3 rings (SSSR count). The van der Waals surface area contributed by atoms with Gasteiger partial charge in [0.15, 0.2) is 0 Å². The van der Waals surface area contributed by atoms with Crippen LogP contribution in [0.2, 0.25) is 0 Å². The lowest BCUT2D eigenvalue weighted by atomic mass is 9.84. The Labute approximate surface area is 108 Å². The van der Waals surface area contributed by atoms with E-state index < -0.39 is 0 Å². The van der Waals surface area contributed by atoms with Gasteiger partial charge in [0, 0.05) is 18.7 Å². The average Bonchev–Trinajstić information content (AvgIpc) is 2.33. The molecule has 0 N–H and O–H groups in total. The monoisotopic (exact) mass is 241 g/mol. The van der Waals surface area contributed by atoms with Crippen molar-refractivity contribution >= 4 is 5.91 Å². The maximum absolute atomic E-state index is 12.4. The smallest absolute Gasteiger partial charge is 0.250 e. The van der Waals surface area contributed by atoms with E-state index in [1.54, 1.807) is 0 Å². The third-order valence-corrected chi connectivity index (χ3v) is 4.00. The summed E-state index contributed by atoms with van der Waals surface area (Å²) < 4.78 is 0. The summed E-state index contributed by atoms with van der Waals surface area (Å²) >= 11 is 0. The minimum absolute atomic E-state index is 0.291. The quantitative estimate of drug-likeness (QED) is 0.728. The highest BCUT2D eigenvalue weighted by molar-refractivity contribution is 5.95. The number of likely N-dealkylation sites (tertiary alicyclic amines) is 1. The summed E-state index contributed by atoms with van der Waals surface area (Å²) in [5.74, 6) is 0.291. The number of amides is 1. The third-order valence-electron chi connectivity index (χ3n) is 4.00. The fourth-order valence-corrected chi connectivity index (χ4v) is 2.78. The van der Waals surface area contributed by atoms with E-state index in [9.17, 15) is 4.79 Å². The first-order valence-corrected chi connectivity index (χ1v) is 6.89. The average molecular weight is 241 g/mol. The second-order valence-electron chi connectivity index (χ2n) is 5.25. The van der Waals surface area contributed by atoms with E-state index in [4.69, 9.17) is 0 Å². The van der Waals surface area contributed by atoms with Crippen molar-refractivity contribution in [3.8, 4) is 0 Å². The largest absolute Gasteiger partial charge is 0.335 e. The van der Waals surface area contributed by atoms with Crippen molar-refractivity contribution < 1.29 is 4.79 Å². The number of hydrogen-bond donors (Lipinski definition) is 0. The van der Waals surface area contributed by atoms with E-state index in [1.807, 2.05) is 23.1 Å². The molecule has 0 aromatic heterocycles. The van der Waals surface area contributed by atoms with Crippen molar-refractivity contribution in [1.29, 1.82) is 0 Å². The Hall–Kier alpha value is -1.57. The predicted molar refractivity (Wildman–Crippen MR) is 72.0 cm³/mol. The van der Waals surface area contributed by atoms with Gasteiger partial charge in [0.1, 0.15) is 0 Å². The molecule has 1 heterocycles. The van der Waals surface area contributed by atoms with E-state index in [2.05, 4.69) is 12.1 Å². The van der Waals surface area contributed by atoms with Gasteiger partial charge in [0.2, 0.25) is 5.91 Å². The van der Waals surface area contributed by atoms with Crippen LogP contribution in [0.5, 0.6) is 0 Å². The van der Waals surface area contributed by atoms with Gasteiger partial charge in [0.05, 0.1) is 0 Å². The fraction of sp³-hybridized carbons (Fsp3) is 0.438. The minimum Gasteiger partial charge on any atom is -0.335 e. The summed E-state index contributed by atoms with van der Waals surface area (Å²) in [5, 5.41) is 0. The Balaban J connectivity index is 1.75. The number of nitrogens with zero attached hydrogens (tertiary/aromatic N) is 1. The van der Waals surface area contributed by atoms with Crippen molar-refractivity contribution in [2.24, 2.45) is 0 Å². The Morgan fingerprint density at radius 2 is 1.78 bits per heavy atom. The van der Waals surface area contributed by atoms with Crippen LogP contribution in [0.15, 0.2) is 41.5 Å². The number of piperidine rings is 1. The molecule has 18 heavy (non-hydrogen) atoms. The van der Waals surface area contributed by atoms with E-state index in [0.717, 1.165) is 44.3 Å². The Morgan fingerprint density at radius 3 is 2.44 bits per heavy atom. The van der Waals surface area contributed by atoms with Gasteiger partial charge in [-0.25, -0.2) is 0 Å². The van der Waals surface area contributed by atoms with Crippen LogP contribution in [0.25, 0.3) is 0 Å². The molecule has 2 heteroatoms.